The fourth-order valence-electron chi connectivity index (χ4n) is 3.49. The van der Waals surface area contributed by atoms with Gasteiger partial charge in [-0.1, -0.05) is 47.6 Å². The number of benzene rings is 2. The SMILES string of the molecule is CN1C(=C/C=C2\C(=O)ON=C2c2ccccc2)N(C)c2nc3ccccc3nc21. The van der Waals surface area contributed by atoms with E-state index in [2.05, 4.69) is 5.16 Å². The molecule has 0 radical (unpaired) electrons. The molecule has 0 fully saturated rings. The molecule has 142 valence electrons. The molecule has 0 aliphatic carbocycles. The molecule has 2 aliphatic heterocycles. The Morgan fingerprint density at radius 1 is 0.828 bits per heavy atom. The number of oxime groups is 1. The van der Waals surface area contributed by atoms with E-state index in [1.54, 1.807) is 6.08 Å². The lowest BCUT2D eigenvalue weighted by atomic mass is 10.0. The van der Waals surface area contributed by atoms with Crippen LogP contribution in [0.15, 0.2) is 83.3 Å². The highest BCUT2D eigenvalue weighted by molar-refractivity contribution is 6.29. The zero-order valence-corrected chi connectivity index (χ0v) is 15.9. The minimum atomic E-state index is -0.469. The molecule has 0 atom stereocenters. The molecule has 0 N–H and O–H groups in total. The van der Waals surface area contributed by atoms with Crippen LogP contribution in [0, 0.1) is 0 Å². The maximum Gasteiger partial charge on any atom is 0.368 e. The quantitative estimate of drug-likeness (QED) is 0.500. The highest BCUT2D eigenvalue weighted by atomic mass is 16.7. The first kappa shape index (κ1) is 17.1. The number of aromatic nitrogens is 2. The monoisotopic (exact) mass is 383 g/mol. The van der Waals surface area contributed by atoms with Gasteiger partial charge in [-0.25, -0.2) is 14.8 Å². The molecule has 3 heterocycles. The summed E-state index contributed by atoms with van der Waals surface area (Å²) in [4.78, 5) is 30.5. The molecule has 5 rings (SSSR count). The van der Waals surface area contributed by atoms with Crippen LogP contribution in [0.5, 0.6) is 0 Å². The predicted molar refractivity (Wildman–Crippen MR) is 112 cm³/mol. The number of carbonyl (C=O) groups excluding carboxylic acids is 1. The lowest BCUT2D eigenvalue weighted by Crippen LogP contribution is -2.22. The smallest absolute Gasteiger partial charge is 0.312 e. The van der Waals surface area contributed by atoms with E-state index in [0.29, 0.717) is 11.3 Å². The number of fused-ring (bicyclic) bond motifs is 2. The van der Waals surface area contributed by atoms with E-state index in [1.807, 2.05) is 84.6 Å². The number of hydrogen-bond acceptors (Lipinski definition) is 7. The Bertz CT molecular complexity index is 1180. The molecule has 0 unspecified atom stereocenters. The first-order chi connectivity index (χ1) is 14.1. The van der Waals surface area contributed by atoms with Crippen molar-refractivity contribution in [3.8, 4) is 0 Å². The summed E-state index contributed by atoms with van der Waals surface area (Å²) in [5, 5.41) is 3.95. The third kappa shape index (κ3) is 2.75. The Morgan fingerprint density at radius 3 is 2.03 bits per heavy atom. The van der Waals surface area contributed by atoms with Gasteiger partial charge in [0.15, 0.2) is 11.6 Å². The Hall–Kier alpha value is -4.00. The highest BCUT2D eigenvalue weighted by Crippen LogP contribution is 2.37. The van der Waals surface area contributed by atoms with Crippen LogP contribution in [0.2, 0.25) is 0 Å². The number of para-hydroxylation sites is 2. The van der Waals surface area contributed by atoms with Crippen LogP contribution in [-0.2, 0) is 9.63 Å². The summed E-state index contributed by atoms with van der Waals surface area (Å²) in [6.45, 7) is 0. The van der Waals surface area contributed by atoms with Gasteiger partial charge in [-0.15, -0.1) is 0 Å². The Kier molecular flexibility index (Phi) is 3.87. The van der Waals surface area contributed by atoms with E-state index in [9.17, 15) is 4.79 Å². The fourth-order valence-corrected chi connectivity index (χ4v) is 3.49. The first-order valence-electron chi connectivity index (χ1n) is 9.15. The van der Waals surface area contributed by atoms with E-state index < -0.39 is 5.97 Å². The number of nitrogens with zero attached hydrogens (tertiary/aromatic N) is 5. The maximum absolute atomic E-state index is 12.2. The van der Waals surface area contributed by atoms with Gasteiger partial charge in [0.05, 0.1) is 16.6 Å². The van der Waals surface area contributed by atoms with Gasteiger partial charge in [-0.2, -0.15) is 0 Å². The number of allylic oxidation sites excluding steroid dienone is 2. The zero-order chi connectivity index (χ0) is 20.0. The topological polar surface area (TPSA) is 70.9 Å². The number of carbonyl (C=O) groups is 1. The summed E-state index contributed by atoms with van der Waals surface area (Å²) in [6.07, 6.45) is 3.59. The first-order valence-corrected chi connectivity index (χ1v) is 9.15. The summed E-state index contributed by atoms with van der Waals surface area (Å²) in [7, 11) is 3.85. The molecular formula is C22H17N5O2. The molecule has 0 saturated carbocycles. The van der Waals surface area contributed by atoms with Crippen molar-refractivity contribution >= 4 is 34.4 Å². The van der Waals surface area contributed by atoms with Gasteiger partial charge in [-0.3, -0.25) is 0 Å². The molecule has 3 aromatic rings. The van der Waals surface area contributed by atoms with E-state index in [-0.39, 0.29) is 0 Å². The molecule has 7 nitrogen and oxygen atoms in total. The molecule has 7 heteroatoms. The summed E-state index contributed by atoms with van der Waals surface area (Å²) in [5.41, 5.74) is 3.43. The second-order valence-corrected chi connectivity index (χ2v) is 6.77. The molecule has 1 aromatic heterocycles. The summed E-state index contributed by atoms with van der Waals surface area (Å²) in [5.74, 6) is 1.90. The molecule has 0 spiro atoms. The van der Waals surface area contributed by atoms with Gasteiger partial charge in [0.2, 0.25) is 0 Å². The number of rotatable bonds is 2. The fraction of sp³-hybridized carbons (Fsp3) is 0.0909. The van der Waals surface area contributed by atoms with Crippen molar-refractivity contribution in [3.63, 3.8) is 0 Å². The minimum absolute atomic E-state index is 0.410. The predicted octanol–water partition coefficient (Wildman–Crippen LogP) is 3.24. The van der Waals surface area contributed by atoms with Crippen LogP contribution in [-0.4, -0.2) is 35.7 Å². The van der Waals surface area contributed by atoms with E-state index in [1.165, 1.54) is 0 Å². The molecule has 2 aliphatic rings. The number of hydrogen-bond donors (Lipinski definition) is 0. The molecule has 0 bridgehead atoms. The molecular weight excluding hydrogens is 366 g/mol. The normalized spacial score (nSPS) is 17.0. The van der Waals surface area contributed by atoms with Gasteiger partial charge >= 0.3 is 5.97 Å². The van der Waals surface area contributed by atoms with Crippen molar-refractivity contribution in [1.82, 2.24) is 9.97 Å². The second kappa shape index (κ2) is 6.56. The van der Waals surface area contributed by atoms with Crippen molar-refractivity contribution in [2.75, 3.05) is 23.9 Å². The lowest BCUT2D eigenvalue weighted by molar-refractivity contribution is -0.136. The Morgan fingerprint density at radius 2 is 1.41 bits per heavy atom. The zero-order valence-electron chi connectivity index (χ0n) is 15.9. The van der Waals surface area contributed by atoms with Crippen molar-refractivity contribution in [2.24, 2.45) is 5.16 Å². The Balaban J connectivity index is 1.54. The van der Waals surface area contributed by atoms with Crippen LogP contribution < -0.4 is 9.80 Å². The van der Waals surface area contributed by atoms with E-state index in [0.717, 1.165) is 34.1 Å². The summed E-state index contributed by atoms with van der Waals surface area (Å²) in [6, 6.07) is 17.3. The van der Waals surface area contributed by atoms with Crippen molar-refractivity contribution in [1.29, 1.82) is 0 Å². The van der Waals surface area contributed by atoms with Crippen molar-refractivity contribution < 1.29 is 9.63 Å². The van der Waals surface area contributed by atoms with Crippen molar-refractivity contribution in [3.05, 3.63) is 83.7 Å². The highest BCUT2D eigenvalue weighted by Gasteiger charge is 2.30. The molecule has 2 aromatic carbocycles. The van der Waals surface area contributed by atoms with E-state index in [4.69, 9.17) is 14.8 Å². The molecule has 0 amide bonds. The average Bonchev–Trinajstić information content (AvgIpc) is 3.23. The summed E-state index contributed by atoms with van der Waals surface area (Å²) >= 11 is 0. The van der Waals surface area contributed by atoms with Crippen LogP contribution in [0.4, 0.5) is 11.6 Å². The van der Waals surface area contributed by atoms with Crippen molar-refractivity contribution in [2.45, 2.75) is 0 Å². The van der Waals surface area contributed by atoms with Gasteiger partial charge in [-0.05, 0) is 24.3 Å². The lowest BCUT2D eigenvalue weighted by Gasteiger charge is -2.16. The standard InChI is InChI=1S/C22H17N5O2/c1-26-18(27(2)21-20(26)23-16-10-6-7-11-17(16)24-21)13-12-15-19(25-29-22(15)28)14-8-4-3-5-9-14/h3-13H,1-2H3/b15-12-. The van der Waals surface area contributed by atoms with Crippen LogP contribution in [0.3, 0.4) is 0 Å². The number of anilines is 2. The third-order valence-corrected chi connectivity index (χ3v) is 5.00. The van der Waals surface area contributed by atoms with Gasteiger partial charge in [0, 0.05) is 19.7 Å². The van der Waals surface area contributed by atoms with Crippen LogP contribution in [0.1, 0.15) is 5.56 Å². The van der Waals surface area contributed by atoms with E-state index >= 15 is 0 Å². The van der Waals surface area contributed by atoms with Gasteiger partial charge < -0.3 is 14.6 Å². The van der Waals surface area contributed by atoms with Crippen LogP contribution in [0.25, 0.3) is 11.0 Å². The van der Waals surface area contributed by atoms with Gasteiger partial charge in [0.25, 0.3) is 0 Å². The van der Waals surface area contributed by atoms with Crippen LogP contribution >= 0.6 is 0 Å². The minimum Gasteiger partial charge on any atom is -0.312 e. The molecule has 0 saturated heterocycles. The van der Waals surface area contributed by atoms with Gasteiger partial charge in [0.1, 0.15) is 11.5 Å². The maximum atomic E-state index is 12.2. The third-order valence-electron chi connectivity index (χ3n) is 5.00. The Labute approximate surface area is 167 Å². The average molecular weight is 383 g/mol. The second-order valence-electron chi connectivity index (χ2n) is 6.77. The molecule has 29 heavy (non-hydrogen) atoms. The summed E-state index contributed by atoms with van der Waals surface area (Å²) < 4.78 is 0. The largest absolute Gasteiger partial charge is 0.368 e.